The van der Waals surface area contributed by atoms with Crippen molar-refractivity contribution in [2.24, 2.45) is 0 Å². The van der Waals surface area contributed by atoms with Gasteiger partial charge in [0.2, 0.25) is 0 Å². The van der Waals surface area contributed by atoms with Crippen LogP contribution in [0.4, 0.5) is 4.39 Å². The molecule has 0 bridgehead atoms. The molecule has 0 unspecified atom stereocenters. The van der Waals surface area contributed by atoms with E-state index >= 15 is 0 Å². The van der Waals surface area contributed by atoms with Crippen molar-refractivity contribution in [3.8, 4) is 11.8 Å². The van der Waals surface area contributed by atoms with Gasteiger partial charge in [-0.3, -0.25) is 9.36 Å². The molecule has 2 aromatic rings. The highest BCUT2D eigenvalue weighted by atomic mass is 19.1. The van der Waals surface area contributed by atoms with E-state index in [1.165, 1.54) is 28.8 Å². The first-order chi connectivity index (χ1) is 8.24. The standard InChI is InChI=1S/C11H10FN3O2/c1-2-15-10(7-16)13-14-11(15)17-9-5-3-8(12)4-6-9/h3-7H,2H2,1H3. The van der Waals surface area contributed by atoms with Crippen LogP contribution in [0.3, 0.4) is 0 Å². The fourth-order valence-corrected chi connectivity index (χ4v) is 1.37. The first-order valence-electron chi connectivity index (χ1n) is 5.06. The van der Waals surface area contributed by atoms with Gasteiger partial charge in [0, 0.05) is 6.54 Å². The maximum Gasteiger partial charge on any atom is 0.322 e. The molecule has 6 heteroatoms. The van der Waals surface area contributed by atoms with E-state index in [4.69, 9.17) is 4.74 Å². The molecule has 0 aliphatic heterocycles. The zero-order valence-corrected chi connectivity index (χ0v) is 9.13. The zero-order valence-electron chi connectivity index (χ0n) is 9.13. The van der Waals surface area contributed by atoms with Crippen molar-refractivity contribution in [2.45, 2.75) is 13.5 Å². The molecule has 1 aromatic carbocycles. The zero-order chi connectivity index (χ0) is 12.3. The molecule has 17 heavy (non-hydrogen) atoms. The highest BCUT2D eigenvalue weighted by Crippen LogP contribution is 2.20. The second-order valence-electron chi connectivity index (χ2n) is 3.26. The number of ether oxygens (including phenoxy) is 1. The first kappa shape index (κ1) is 11.3. The molecule has 0 atom stereocenters. The van der Waals surface area contributed by atoms with Crippen LogP contribution in [0.25, 0.3) is 0 Å². The predicted octanol–water partition coefficient (Wildman–Crippen LogP) is 2.04. The summed E-state index contributed by atoms with van der Waals surface area (Å²) in [5, 5.41) is 7.41. The van der Waals surface area contributed by atoms with Crippen LogP contribution in [0.15, 0.2) is 24.3 Å². The number of aromatic nitrogens is 3. The maximum absolute atomic E-state index is 12.7. The Morgan fingerprint density at radius 2 is 2.06 bits per heavy atom. The van der Waals surface area contributed by atoms with Gasteiger partial charge in [0.15, 0.2) is 12.1 Å². The molecule has 2 rings (SSSR count). The van der Waals surface area contributed by atoms with Crippen molar-refractivity contribution in [1.82, 2.24) is 14.8 Å². The molecule has 0 aliphatic rings. The average molecular weight is 235 g/mol. The molecule has 0 saturated carbocycles. The number of nitrogens with zero attached hydrogens (tertiary/aromatic N) is 3. The molecule has 1 aromatic heterocycles. The minimum absolute atomic E-state index is 0.199. The number of carbonyl (C=O) groups is 1. The molecule has 0 fully saturated rings. The van der Waals surface area contributed by atoms with Gasteiger partial charge >= 0.3 is 6.01 Å². The van der Waals surface area contributed by atoms with Gasteiger partial charge in [-0.1, -0.05) is 5.10 Å². The van der Waals surface area contributed by atoms with Crippen LogP contribution >= 0.6 is 0 Å². The average Bonchev–Trinajstić information content (AvgIpc) is 2.74. The minimum Gasteiger partial charge on any atom is -0.424 e. The van der Waals surface area contributed by atoms with Crippen LogP contribution in [-0.4, -0.2) is 21.1 Å². The highest BCUT2D eigenvalue weighted by molar-refractivity contribution is 5.69. The molecular weight excluding hydrogens is 225 g/mol. The van der Waals surface area contributed by atoms with Crippen molar-refractivity contribution in [2.75, 3.05) is 0 Å². The molecule has 1 heterocycles. The number of hydrogen-bond acceptors (Lipinski definition) is 4. The molecule has 0 saturated heterocycles. The van der Waals surface area contributed by atoms with Crippen LogP contribution in [0.5, 0.6) is 11.8 Å². The molecule has 0 aliphatic carbocycles. The Bertz CT molecular complexity index is 522. The molecular formula is C11H10FN3O2. The summed E-state index contributed by atoms with van der Waals surface area (Å²) in [7, 11) is 0. The van der Waals surface area contributed by atoms with Crippen molar-refractivity contribution in [1.29, 1.82) is 0 Å². The van der Waals surface area contributed by atoms with E-state index in [-0.39, 0.29) is 17.7 Å². The van der Waals surface area contributed by atoms with Gasteiger partial charge < -0.3 is 4.74 Å². The monoisotopic (exact) mass is 235 g/mol. The van der Waals surface area contributed by atoms with Crippen molar-refractivity contribution in [3.63, 3.8) is 0 Å². The van der Waals surface area contributed by atoms with E-state index < -0.39 is 0 Å². The third kappa shape index (κ3) is 2.30. The second kappa shape index (κ2) is 4.73. The third-order valence-corrected chi connectivity index (χ3v) is 2.19. The SMILES string of the molecule is CCn1c(C=O)nnc1Oc1ccc(F)cc1. The minimum atomic E-state index is -0.345. The fourth-order valence-electron chi connectivity index (χ4n) is 1.37. The maximum atomic E-state index is 12.7. The largest absolute Gasteiger partial charge is 0.424 e. The van der Waals surface area contributed by atoms with Crippen LogP contribution < -0.4 is 4.74 Å². The fraction of sp³-hybridized carbons (Fsp3) is 0.182. The van der Waals surface area contributed by atoms with Crippen molar-refractivity contribution < 1.29 is 13.9 Å². The van der Waals surface area contributed by atoms with Crippen LogP contribution in [-0.2, 0) is 6.54 Å². The Morgan fingerprint density at radius 3 is 2.65 bits per heavy atom. The van der Waals surface area contributed by atoms with E-state index in [9.17, 15) is 9.18 Å². The van der Waals surface area contributed by atoms with Crippen molar-refractivity contribution in [3.05, 3.63) is 35.9 Å². The lowest BCUT2D eigenvalue weighted by Gasteiger charge is -2.05. The Morgan fingerprint density at radius 1 is 1.35 bits per heavy atom. The predicted molar refractivity (Wildman–Crippen MR) is 57.6 cm³/mol. The Kier molecular flexibility index (Phi) is 3.13. The van der Waals surface area contributed by atoms with Crippen LogP contribution in [0, 0.1) is 5.82 Å². The summed E-state index contributed by atoms with van der Waals surface area (Å²) in [4.78, 5) is 10.7. The van der Waals surface area contributed by atoms with Gasteiger partial charge in [0.25, 0.3) is 0 Å². The van der Waals surface area contributed by atoms with E-state index in [1.807, 2.05) is 6.92 Å². The number of carbonyl (C=O) groups excluding carboxylic acids is 1. The quantitative estimate of drug-likeness (QED) is 0.761. The van der Waals surface area contributed by atoms with Gasteiger partial charge in [-0.15, -0.1) is 5.10 Å². The van der Waals surface area contributed by atoms with Crippen LogP contribution in [0.2, 0.25) is 0 Å². The van der Waals surface area contributed by atoms with E-state index in [0.29, 0.717) is 18.6 Å². The van der Waals surface area contributed by atoms with Crippen molar-refractivity contribution >= 4 is 6.29 Å². The lowest BCUT2D eigenvalue weighted by molar-refractivity contribution is 0.111. The summed E-state index contributed by atoms with van der Waals surface area (Å²) in [6, 6.07) is 5.72. The molecule has 0 N–H and O–H groups in total. The van der Waals surface area contributed by atoms with Gasteiger partial charge in [-0.25, -0.2) is 4.39 Å². The summed E-state index contributed by atoms with van der Waals surface area (Å²) < 4.78 is 19.6. The number of aldehydes is 1. The van der Waals surface area contributed by atoms with E-state index in [1.54, 1.807) is 0 Å². The van der Waals surface area contributed by atoms with Gasteiger partial charge in [0.1, 0.15) is 11.6 Å². The lowest BCUT2D eigenvalue weighted by Crippen LogP contribution is -2.02. The first-order valence-corrected chi connectivity index (χ1v) is 5.06. The summed E-state index contributed by atoms with van der Waals surface area (Å²) in [6.07, 6.45) is 0.605. The van der Waals surface area contributed by atoms with Gasteiger partial charge in [0.05, 0.1) is 0 Å². The number of halogens is 1. The number of hydrogen-bond donors (Lipinski definition) is 0. The summed E-state index contributed by atoms with van der Waals surface area (Å²) >= 11 is 0. The molecule has 0 spiro atoms. The highest BCUT2D eigenvalue weighted by Gasteiger charge is 2.11. The molecule has 0 amide bonds. The number of benzene rings is 1. The smallest absolute Gasteiger partial charge is 0.322 e. The van der Waals surface area contributed by atoms with E-state index in [0.717, 1.165) is 0 Å². The number of rotatable bonds is 4. The molecule has 88 valence electrons. The summed E-state index contributed by atoms with van der Waals surface area (Å²) in [6.45, 7) is 2.35. The normalized spacial score (nSPS) is 10.2. The Labute approximate surface area is 96.9 Å². The lowest BCUT2D eigenvalue weighted by atomic mass is 10.3. The Hall–Kier alpha value is -2.24. The molecule has 0 radical (unpaired) electrons. The van der Waals surface area contributed by atoms with Gasteiger partial charge in [-0.2, -0.15) is 0 Å². The van der Waals surface area contributed by atoms with Gasteiger partial charge in [-0.05, 0) is 31.2 Å². The Balaban J connectivity index is 2.26. The van der Waals surface area contributed by atoms with Crippen LogP contribution in [0.1, 0.15) is 17.5 Å². The molecule has 5 nitrogen and oxygen atoms in total. The summed E-state index contributed by atoms with van der Waals surface area (Å²) in [5.41, 5.74) is 0. The van der Waals surface area contributed by atoms with E-state index in [2.05, 4.69) is 10.2 Å². The second-order valence-corrected chi connectivity index (χ2v) is 3.26. The third-order valence-electron chi connectivity index (χ3n) is 2.19. The topological polar surface area (TPSA) is 57.0 Å². The summed E-state index contributed by atoms with van der Waals surface area (Å²) in [5.74, 6) is 0.290.